The Morgan fingerprint density at radius 3 is 2.33 bits per heavy atom. The van der Waals surface area contributed by atoms with Gasteiger partial charge in [0.2, 0.25) is 0 Å². The lowest BCUT2D eigenvalue weighted by molar-refractivity contribution is 0.474. The van der Waals surface area contributed by atoms with Crippen molar-refractivity contribution in [3.05, 3.63) is 24.3 Å². The van der Waals surface area contributed by atoms with E-state index in [1.165, 1.54) is 0 Å². The van der Waals surface area contributed by atoms with Gasteiger partial charge in [0.1, 0.15) is 5.75 Å². The van der Waals surface area contributed by atoms with Gasteiger partial charge in [-0.2, -0.15) is 0 Å². The number of anilines is 1. The molecule has 1 aromatic carbocycles. The second-order valence-corrected chi connectivity index (χ2v) is 3.18. The molecule has 1 aromatic rings. The Morgan fingerprint density at radius 1 is 1.25 bits per heavy atom. The molecule has 0 radical (unpaired) electrons. The van der Waals surface area contributed by atoms with Gasteiger partial charge in [0.25, 0.3) is 0 Å². The summed E-state index contributed by atoms with van der Waals surface area (Å²) < 4.78 is 0. The number of benzene rings is 1. The maximum absolute atomic E-state index is 9.04. The van der Waals surface area contributed by atoms with Gasteiger partial charge in [0.05, 0.1) is 0 Å². The van der Waals surface area contributed by atoms with Crippen LogP contribution in [0.3, 0.4) is 0 Å². The van der Waals surface area contributed by atoms with Gasteiger partial charge in [0.15, 0.2) is 0 Å². The van der Waals surface area contributed by atoms with E-state index in [0.29, 0.717) is 11.8 Å². The molecule has 1 heterocycles. The first-order valence-corrected chi connectivity index (χ1v) is 4.05. The average Bonchev–Trinajstić information content (AvgIpc) is 2.01. The number of hydrogen-bond acceptors (Lipinski definition) is 3. The fraction of sp³-hybridized carbons (Fsp3) is 0.333. The summed E-state index contributed by atoms with van der Waals surface area (Å²) in [7, 11) is 0. The fourth-order valence-electron chi connectivity index (χ4n) is 1.39. The van der Waals surface area contributed by atoms with Gasteiger partial charge < -0.3 is 15.7 Å². The zero-order valence-electron chi connectivity index (χ0n) is 6.77. The Balaban J connectivity index is 2.09. The second-order valence-electron chi connectivity index (χ2n) is 3.18. The Hall–Kier alpha value is -1.22. The third-order valence-electron chi connectivity index (χ3n) is 2.12. The highest BCUT2D eigenvalue weighted by atomic mass is 16.3. The van der Waals surface area contributed by atoms with Crippen LogP contribution in [0.2, 0.25) is 0 Å². The molecule has 12 heavy (non-hydrogen) atoms. The van der Waals surface area contributed by atoms with Crippen LogP contribution in [-0.2, 0) is 0 Å². The van der Waals surface area contributed by atoms with Gasteiger partial charge in [-0.15, -0.1) is 0 Å². The Labute approximate surface area is 71.4 Å². The van der Waals surface area contributed by atoms with Crippen molar-refractivity contribution in [2.24, 2.45) is 5.73 Å². The van der Waals surface area contributed by atoms with E-state index < -0.39 is 0 Å². The molecule has 0 atom stereocenters. The molecule has 0 bridgehead atoms. The Morgan fingerprint density at radius 2 is 1.83 bits per heavy atom. The summed E-state index contributed by atoms with van der Waals surface area (Å²) in [4.78, 5) is 2.18. The minimum absolute atomic E-state index is 0.309. The second kappa shape index (κ2) is 2.68. The van der Waals surface area contributed by atoms with Gasteiger partial charge in [0, 0.05) is 24.8 Å². The van der Waals surface area contributed by atoms with Gasteiger partial charge in [-0.1, -0.05) is 0 Å². The van der Waals surface area contributed by atoms with Crippen LogP contribution in [0.25, 0.3) is 0 Å². The van der Waals surface area contributed by atoms with Crippen molar-refractivity contribution in [1.29, 1.82) is 0 Å². The Bertz CT molecular complexity index is 264. The van der Waals surface area contributed by atoms with Crippen LogP contribution in [0, 0.1) is 0 Å². The van der Waals surface area contributed by atoms with Crippen LogP contribution >= 0.6 is 0 Å². The standard InChI is InChI=1S/C9H12N2O/c10-7-5-11(6-7)8-1-3-9(12)4-2-8/h1-4,7,12H,5-6,10H2. The molecule has 0 amide bonds. The summed E-state index contributed by atoms with van der Waals surface area (Å²) in [6, 6.07) is 7.51. The molecule has 3 N–H and O–H groups in total. The maximum atomic E-state index is 9.04. The van der Waals surface area contributed by atoms with Crippen molar-refractivity contribution in [3.8, 4) is 5.75 Å². The molecule has 3 heteroatoms. The zero-order valence-corrected chi connectivity index (χ0v) is 6.77. The highest BCUT2D eigenvalue weighted by molar-refractivity contribution is 5.51. The van der Waals surface area contributed by atoms with Gasteiger partial charge in [-0.3, -0.25) is 0 Å². The Kier molecular flexibility index (Phi) is 1.66. The first-order chi connectivity index (χ1) is 5.75. The molecule has 0 aromatic heterocycles. The molecular formula is C9H12N2O. The van der Waals surface area contributed by atoms with Crippen molar-refractivity contribution in [2.45, 2.75) is 6.04 Å². The minimum Gasteiger partial charge on any atom is -0.508 e. The monoisotopic (exact) mass is 164 g/mol. The summed E-state index contributed by atoms with van der Waals surface area (Å²) in [6.45, 7) is 1.84. The topological polar surface area (TPSA) is 49.5 Å². The smallest absolute Gasteiger partial charge is 0.115 e. The minimum atomic E-state index is 0.309. The quantitative estimate of drug-likeness (QED) is 0.637. The predicted octanol–water partition coefficient (Wildman–Crippen LogP) is 0.539. The lowest BCUT2D eigenvalue weighted by Gasteiger charge is -2.38. The van der Waals surface area contributed by atoms with E-state index in [-0.39, 0.29) is 0 Å². The number of phenolic OH excluding ortho intramolecular Hbond substituents is 1. The van der Waals surface area contributed by atoms with Crippen LogP contribution < -0.4 is 10.6 Å². The van der Waals surface area contributed by atoms with E-state index in [1.54, 1.807) is 12.1 Å². The highest BCUT2D eigenvalue weighted by Gasteiger charge is 2.22. The number of nitrogens with zero attached hydrogens (tertiary/aromatic N) is 1. The molecule has 64 valence electrons. The molecule has 1 saturated heterocycles. The van der Waals surface area contributed by atoms with Crippen molar-refractivity contribution < 1.29 is 5.11 Å². The molecule has 0 spiro atoms. The first-order valence-electron chi connectivity index (χ1n) is 4.05. The van der Waals surface area contributed by atoms with Crippen LogP contribution in [0.15, 0.2) is 24.3 Å². The van der Waals surface area contributed by atoms with E-state index in [2.05, 4.69) is 4.90 Å². The van der Waals surface area contributed by atoms with E-state index >= 15 is 0 Å². The number of nitrogens with two attached hydrogens (primary N) is 1. The largest absolute Gasteiger partial charge is 0.508 e. The molecule has 2 rings (SSSR count). The number of hydrogen-bond donors (Lipinski definition) is 2. The lowest BCUT2D eigenvalue weighted by Crippen LogP contribution is -2.55. The van der Waals surface area contributed by atoms with E-state index in [4.69, 9.17) is 10.8 Å². The predicted molar refractivity (Wildman–Crippen MR) is 48.3 cm³/mol. The van der Waals surface area contributed by atoms with E-state index in [1.807, 2.05) is 12.1 Å². The van der Waals surface area contributed by atoms with Crippen LogP contribution in [0.1, 0.15) is 0 Å². The molecule has 1 fully saturated rings. The van der Waals surface area contributed by atoms with Crippen LogP contribution in [-0.4, -0.2) is 24.2 Å². The van der Waals surface area contributed by atoms with Crippen molar-refractivity contribution >= 4 is 5.69 Å². The summed E-state index contributed by atoms with van der Waals surface area (Å²) >= 11 is 0. The van der Waals surface area contributed by atoms with E-state index in [0.717, 1.165) is 18.8 Å². The summed E-state index contributed by atoms with van der Waals surface area (Å²) in [5.74, 6) is 0.309. The number of phenols is 1. The third kappa shape index (κ3) is 1.23. The van der Waals surface area contributed by atoms with Gasteiger partial charge in [-0.25, -0.2) is 0 Å². The zero-order chi connectivity index (χ0) is 8.55. The van der Waals surface area contributed by atoms with E-state index in [9.17, 15) is 0 Å². The fourth-order valence-corrected chi connectivity index (χ4v) is 1.39. The maximum Gasteiger partial charge on any atom is 0.115 e. The SMILES string of the molecule is NC1CN(c2ccc(O)cc2)C1. The number of aromatic hydroxyl groups is 1. The molecule has 3 nitrogen and oxygen atoms in total. The molecular weight excluding hydrogens is 152 g/mol. The third-order valence-corrected chi connectivity index (χ3v) is 2.12. The van der Waals surface area contributed by atoms with Crippen molar-refractivity contribution in [2.75, 3.05) is 18.0 Å². The lowest BCUT2D eigenvalue weighted by atomic mass is 10.1. The molecule has 0 unspecified atom stereocenters. The van der Waals surface area contributed by atoms with Crippen molar-refractivity contribution in [3.63, 3.8) is 0 Å². The summed E-state index contributed by atoms with van der Waals surface area (Å²) in [5.41, 5.74) is 6.78. The molecule has 1 aliphatic heterocycles. The summed E-state index contributed by atoms with van der Waals surface area (Å²) in [6.07, 6.45) is 0. The van der Waals surface area contributed by atoms with Crippen LogP contribution in [0.4, 0.5) is 5.69 Å². The molecule has 0 saturated carbocycles. The average molecular weight is 164 g/mol. The normalized spacial score (nSPS) is 17.6. The van der Waals surface area contributed by atoms with Gasteiger partial charge in [-0.05, 0) is 24.3 Å². The molecule has 0 aliphatic carbocycles. The van der Waals surface area contributed by atoms with Crippen LogP contribution in [0.5, 0.6) is 5.75 Å². The van der Waals surface area contributed by atoms with Gasteiger partial charge >= 0.3 is 0 Å². The molecule has 1 aliphatic rings. The van der Waals surface area contributed by atoms with Crippen molar-refractivity contribution in [1.82, 2.24) is 0 Å². The number of rotatable bonds is 1. The summed E-state index contributed by atoms with van der Waals surface area (Å²) in [5, 5.41) is 9.04. The first kappa shape index (κ1) is 7.43. The highest BCUT2D eigenvalue weighted by Crippen LogP contribution is 2.21.